The smallest absolute Gasteiger partial charge is 0.251 e. The van der Waals surface area contributed by atoms with Crippen LogP contribution in [0.2, 0.25) is 0 Å². The summed E-state index contributed by atoms with van der Waals surface area (Å²) in [4.78, 5) is 14.8. The van der Waals surface area contributed by atoms with Crippen LogP contribution in [-0.2, 0) is 11.3 Å². The van der Waals surface area contributed by atoms with Crippen LogP contribution in [0.4, 0.5) is 0 Å². The van der Waals surface area contributed by atoms with Crippen molar-refractivity contribution in [3.05, 3.63) is 35.4 Å². The van der Waals surface area contributed by atoms with Crippen molar-refractivity contribution < 1.29 is 14.6 Å². The zero-order valence-corrected chi connectivity index (χ0v) is 14.5. The third-order valence-electron chi connectivity index (χ3n) is 5.22. The minimum atomic E-state index is -0.243. The predicted octanol–water partition coefficient (Wildman–Crippen LogP) is 1.80. The second-order valence-corrected chi connectivity index (χ2v) is 7.42. The highest BCUT2D eigenvalue weighted by Gasteiger charge is 2.31. The van der Waals surface area contributed by atoms with E-state index in [0.717, 1.165) is 38.9 Å². The normalized spacial score (nSPS) is 25.8. The number of hydrogen-bond donors (Lipinski definition) is 2. The molecule has 1 aromatic rings. The van der Waals surface area contributed by atoms with Gasteiger partial charge in [0, 0.05) is 25.3 Å². The topological polar surface area (TPSA) is 61.8 Å². The van der Waals surface area contributed by atoms with Crippen LogP contribution in [0.25, 0.3) is 0 Å². The van der Waals surface area contributed by atoms with Crippen molar-refractivity contribution in [3.8, 4) is 0 Å². The molecule has 2 N–H and O–H groups in total. The highest BCUT2D eigenvalue weighted by molar-refractivity contribution is 5.94. The molecule has 3 rings (SSSR count). The highest BCUT2D eigenvalue weighted by Crippen LogP contribution is 2.20. The standard InChI is InChI=1S/C19H28N2O3/c1-19(8-11-24-14-19)20-18(23)17-4-2-15(3-5-17)12-21-9-6-16(13-22)7-10-21/h2-5,16,22H,6-14H2,1H3,(H,20,23). The Morgan fingerprint density at radius 1 is 1.33 bits per heavy atom. The fourth-order valence-corrected chi connectivity index (χ4v) is 3.46. The van der Waals surface area contributed by atoms with Crippen molar-refractivity contribution in [2.75, 3.05) is 32.9 Å². The number of carbonyl (C=O) groups excluding carboxylic acids is 1. The lowest BCUT2D eigenvalue weighted by Crippen LogP contribution is -2.46. The number of piperidine rings is 1. The molecule has 1 aromatic carbocycles. The van der Waals surface area contributed by atoms with E-state index in [2.05, 4.69) is 10.2 Å². The minimum absolute atomic E-state index is 0.0293. The summed E-state index contributed by atoms with van der Waals surface area (Å²) in [6.07, 6.45) is 3.00. The Kier molecular flexibility index (Phi) is 5.54. The summed E-state index contributed by atoms with van der Waals surface area (Å²) in [5.74, 6) is 0.437. The lowest BCUT2D eigenvalue weighted by molar-refractivity contribution is 0.0890. The fourth-order valence-electron chi connectivity index (χ4n) is 3.46. The van der Waals surface area contributed by atoms with Gasteiger partial charge in [-0.05, 0) is 62.9 Å². The molecule has 24 heavy (non-hydrogen) atoms. The minimum Gasteiger partial charge on any atom is -0.396 e. The van der Waals surface area contributed by atoms with Crippen LogP contribution in [-0.4, -0.2) is 54.4 Å². The lowest BCUT2D eigenvalue weighted by Gasteiger charge is -2.31. The average Bonchev–Trinajstić information content (AvgIpc) is 3.02. The third kappa shape index (κ3) is 4.35. The van der Waals surface area contributed by atoms with Gasteiger partial charge in [-0.25, -0.2) is 0 Å². The van der Waals surface area contributed by atoms with Crippen LogP contribution in [0.5, 0.6) is 0 Å². The van der Waals surface area contributed by atoms with E-state index >= 15 is 0 Å². The van der Waals surface area contributed by atoms with Gasteiger partial charge in [0.1, 0.15) is 0 Å². The lowest BCUT2D eigenvalue weighted by atomic mass is 9.97. The van der Waals surface area contributed by atoms with E-state index in [-0.39, 0.29) is 11.4 Å². The quantitative estimate of drug-likeness (QED) is 0.863. The summed E-state index contributed by atoms with van der Waals surface area (Å²) >= 11 is 0. The van der Waals surface area contributed by atoms with Crippen LogP contribution < -0.4 is 5.32 Å². The van der Waals surface area contributed by atoms with Crippen molar-refractivity contribution in [3.63, 3.8) is 0 Å². The number of aliphatic hydroxyl groups excluding tert-OH is 1. The number of nitrogens with zero attached hydrogens (tertiary/aromatic N) is 1. The maximum absolute atomic E-state index is 12.4. The molecule has 0 bridgehead atoms. The van der Waals surface area contributed by atoms with E-state index in [1.807, 2.05) is 31.2 Å². The molecular weight excluding hydrogens is 304 g/mol. The molecule has 0 aliphatic carbocycles. The maximum atomic E-state index is 12.4. The Hall–Kier alpha value is -1.43. The van der Waals surface area contributed by atoms with Gasteiger partial charge in [0.05, 0.1) is 12.1 Å². The number of hydrogen-bond acceptors (Lipinski definition) is 4. The van der Waals surface area contributed by atoms with Crippen molar-refractivity contribution in [2.24, 2.45) is 5.92 Å². The van der Waals surface area contributed by atoms with Crippen molar-refractivity contribution in [1.82, 2.24) is 10.2 Å². The molecule has 132 valence electrons. The maximum Gasteiger partial charge on any atom is 0.251 e. The van der Waals surface area contributed by atoms with Crippen LogP contribution in [0.15, 0.2) is 24.3 Å². The Labute approximate surface area is 144 Å². The van der Waals surface area contributed by atoms with Crippen molar-refractivity contribution in [2.45, 2.75) is 38.3 Å². The highest BCUT2D eigenvalue weighted by atomic mass is 16.5. The van der Waals surface area contributed by atoms with Gasteiger partial charge in [0.2, 0.25) is 0 Å². The summed E-state index contributed by atoms with van der Waals surface area (Å²) in [6.45, 7) is 6.61. The number of likely N-dealkylation sites (tertiary alicyclic amines) is 1. The molecule has 2 saturated heterocycles. The van der Waals surface area contributed by atoms with Crippen molar-refractivity contribution >= 4 is 5.91 Å². The first-order chi connectivity index (χ1) is 11.6. The molecule has 5 heteroatoms. The summed E-state index contributed by atoms with van der Waals surface area (Å²) < 4.78 is 5.38. The van der Waals surface area contributed by atoms with Crippen molar-refractivity contribution in [1.29, 1.82) is 0 Å². The first-order valence-electron chi connectivity index (χ1n) is 8.90. The molecule has 0 radical (unpaired) electrons. The molecule has 0 saturated carbocycles. The summed E-state index contributed by atoms with van der Waals surface area (Å²) in [6, 6.07) is 7.90. The van der Waals surface area contributed by atoms with Gasteiger partial charge in [0.15, 0.2) is 0 Å². The van der Waals surface area contributed by atoms with Crippen LogP contribution >= 0.6 is 0 Å². The Morgan fingerprint density at radius 2 is 2.04 bits per heavy atom. The van der Waals surface area contributed by atoms with Gasteiger partial charge in [-0.15, -0.1) is 0 Å². The van der Waals surface area contributed by atoms with E-state index < -0.39 is 0 Å². The molecule has 2 aliphatic rings. The van der Waals surface area contributed by atoms with Crippen LogP contribution in [0, 0.1) is 5.92 Å². The SMILES string of the molecule is CC1(NC(=O)c2ccc(CN3CCC(CO)CC3)cc2)CCOC1. The molecule has 1 amide bonds. The molecule has 2 heterocycles. The summed E-state index contributed by atoms with van der Waals surface area (Å²) in [7, 11) is 0. The van der Waals surface area contributed by atoms with E-state index in [0.29, 0.717) is 31.3 Å². The molecule has 2 fully saturated rings. The molecule has 1 atom stereocenters. The second kappa shape index (κ2) is 7.64. The summed E-state index contributed by atoms with van der Waals surface area (Å²) in [5, 5.41) is 12.3. The average molecular weight is 332 g/mol. The number of rotatable bonds is 5. The molecule has 2 aliphatic heterocycles. The Bertz CT molecular complexity index is 544. The number of aliphatic hydroxyl groups is 1. The van der Waals surface area contributed by atoms with E-state index in [9.17, 15) is 9.90 Å². The van der Waals surface area contributed by atoms with Gasteiger partial charge in [-0.1, -0.05) is 12.1 Å². The molecule has 5 nitrogen and oxygen atoms in total. The van der Waals surface area contributed by atoms with E-state index in [1.54, 1.807) is 0 Å². The van der Waals surface area contributed by atoms with E-state index in [4.69, 9.17) is 4.74 Å². The van der Waals surface area contributed by atoms with Crippen LogP contribution in [0.3, 0.4) is 0 Å². The fraction of sp³-hybridized carbons (Fsp3) is 0.632. The monoisotopic (exact) mass is 332 g/mol. The molecule has 1 unspecified atom stereocenters. The Balaban J connectivity index is 1.52. The number of amides is 1. The number of ether oxygens (including phenoxy) is 1. The molecule has 0 aromatic heterocycles. The molecule has 0 spiro atoms. The Morgan fingerprint density at radius 3 is 2.62 bits per heavy atom. The predicted molar refractivity (Wildman–Crippen MR) is 92.8 cm³/mol. The van der Waals surface area contributed by atoms with Gasteiger partial charge in [-0.2, -0.15) is 0 Å². The molecular formula is C19H28N2O3. The zero-order chi connectivity index (χ0) is 17.0. The second-order valence-electron chi connectivity index (χ2n) is 7.42. The van der Waals surface area contributed by atoms with Crippen LogP contribution in [0.1, 0.15) is 42.1 Å². The first-order valence-corrected chi connectivity index (χ1v) is 8.90. The first kappa shape index (κ1) is 17.4. The van der Waals surface area contributed by atoms with Gasteiger partial charge >= 0.3 is 0 Å². The number of nitrogens with one attached hydrogen (secondary N) is 1. The zero-order valence-electron chi connectivity index (χ0n) is 14.5. The van der Waals surface area contributed by atoms with Gasteiger partial charge < -0.3 is 15.2 Å². The number of benzene rings is 1. The largest absolute Gasteiger partial charge is 0.396 e. The third-order valence-corrected chi connectivity index (χ3v) is 5.22. The number of carbonyl (C=O) groups is 1. The summed E-state index contributed by atoms with van der Waals surface area (Å²) in [5.41, 5.74) is 1.68. The van der Waals surface area contributed by atoms with Gasteiger partial charge in [-0.3, -0.25) is 9.69 Å². The van der Waals surface area contributed by atoms with E-state index in [1.165, 1.54) is 5.56 Å². The van der Waals surface area contributed by atoms with Gasteiger partial charge in [0.25, 0.3) is 5.91 Å².